The first-order valence-corrected chi connectivity index (χ1v) is 42.8. The lowest BCUT2D eigenvalue weighted by Crippen LogP contribution is -2.17. The molecule has 0 fully saturated rings. The highest BCUT2D eigenvalue weighted by molar-refractivity contribution is 5.13. The number of hydrogen-bond acceptors (Lipinski definition) is 22. The van der Waals surface area contributed by atoms with E-state index in [0.717, 1.165) is 148 Å². The Bertz CT molecular complexity index is 1570. The minimum absolute atomic E-state index is 0.267. The summed E-state index contributed by atoms with van der Waals surface area (Å²) in [7, 11) is 0. The molecule has 0 heterocycles. The molecule has 0 aliphatic rings. The maximum absolute atomic E-state index is 9.29. The molecule has 0 aliphatic heterocycles. The molecule has 0 saturated carbocycles. The van der Waals surface area contributed by atoms with Crippen molar-refractivity contribution in [1.82, 2.24) is 0 Å². The first kappa shape index (κ1) is 125. The van der Waals surface area contributed by atoms with E-state index < -0.39 is 0 Å². The number of unbranched alkanes of at least 4 members (excludes halogenated alkanes) is 8. The van der Waals surface area contributed by atoms with Crippen LogP contribution in [0.25, 0.3) is 0 Å². The Labute approximate surface area is 665 Å². The quantitative estimate of drug-likeness (QED) is 0.0271. The standard InChI is InChI=1S/C12H26O4.C12H26O2.C11H16O2.C10H22O2.C9H20O2.C8H18O2.C7H16O2.2C6H14O2.C5H12O2/c1-3-5-6-14-7-8-15-9-10-16-11-12(13)4-2;1-4-7-8-11(5-2)9-14-10-12(13)6-3;1-2-11(12)9-13-8-10-6-4-3-5-7-10;1-3-5-6-7-8-12-9-10(11)4-2;1-3-5-6-7-11-8-9(10)4-2;1-3-5-6-10-7-8(9)4-2;1-3-5-9-6-7(8)4-2;2*1-3-6(7)5-8-4-2;1-3-7-4-5(2)6/h12-13H,3-11H2,1-2H3;11-13H,4-10H2,1-3H3;3-7,11-12H,2,8-9H2,1H3;10-11H,3-9H2,1-2H3;9-10H,3-8H2,1-2H3;8-9H,3-7H2,1-2H3;7-8H,3-6H2,1-2H3;2*6-7H,3-5H2,1-2H3;5-6H,3-4H2,1-2H3. The Balaban J connectivity index is -0.000000145. The Morgan fingerprint density at radius 3 is 0.833 bits per heavy atom. The molecule has 0 aliphatic carbocycles. The lowest BCUT2D eigenvalue weighted by Gasteiger charge is -2.16. The lowest BCUT2D eigenvalue weighted by molar-refractivity contribution is -0.0105. The van der Waals surface area contributed by atoms with Crippen molar-refractivity contribution < 1.29 is 108 Å². The topological polar surface area (TPSA) is 313 Å². The van der Waals surface area contributed by atoms with Gasteiger partial charge in [0.2, 0.25) is 0 Å². The molecule has 11 unspecified atom stereocenters. The Hall–Kier alpha value is -1.66. The highest BCUT2D eigenvalue weighted by atomic mass is 16.5. The van der Waals surface area contributed by atoms with E-state index in [4.69, 9.17) is 92.6 Å². The molecule has 22 heteroatoms. The summed E-state index contributed by atoms with van der Waals surface area (Å²) in [6.45, 7) is 54.6. The highest BCUT2D eigenvalue weighted by Gasteiger charge is 2.09. The maximum Gasteiger partial charge on any atom is 0.0771 e. The second kappa shape index (κ2) is 114. The molecule has 0 spiro atoms. The summed E-state index contributed by atoms with van der Waals surface area (Å²) in [6.07, 6.45) is 23.1. The molecule has 0 aromatic heterocycles. The summed E-state index contributed by atoms with van der Waals surface area (Å²) in [6, 6.07) is 9.96. The van der Waals surface area contributed by atoms with E-state index in [1.54, 1.807) is 6.92 Å². The molecule has 1 rings (SSSR count). The number of aliphatic hydroxyl groups excluding tert-OH is 10. The van der Waals surface area contributed by atoms with Gasteiger partial charge in [-0.2, -0.15) is 0 Å². The van der Waals surface area contributed by atoms with Crippen LogP contribution in [-0.2, 0) is 63.4 Å². The van der Waals surface area contributed by atoms with Crippen molar-refractivity contribution in [2.24, 2.45) is 5.92 Å². The molecule has 0 bridgehead atoms. The van der Waals surface area contributed by atoms with E-state index in [1.807, 2.05) is 113 Å². The van der Waals surface area contributed by atoms with E-state index in [-0.39, 0.29) is 61.0 Å². The van der Waals surface area contributed by atoms with Crippen LogP contribution in [0.1, 0.15) is 305 Å². The smallest absolute Gasteiger partial charge is 0.0771 e. The third-order valence-electron chi connectivity index (χ3n) is 15.4. The number of rotatable bonds is 63. The maximum atomic E-state index is 9.29. The third-order valence-corrected chi connectivity index (χ3v) is 15.4. The monoisotopic (exact) mass is 1570 g/mol. The highest BCUT2D eigenvalue weighted by Crippen LogP contribution is 2.13. The SMILES string of the molecule is CCC(O)COCc1ccccc1.CCCCC(CC)COCC(O)CC.CCCCCCOCC(O)CC.CCCCCOCC(O)CC.CCCCOCC(O)CC.CCCCOCCOCCOCC(O)CC.CCCOCC(O)CC.CCOCC(C)O.CCOCC(O)CC.CCOCC(O)CC. The molecule has 108 heavy (non-hydrogen) atoms. The first-order valence-electron chi connectivity index (χ1n) is 42.8. The van der Waals surface area contributed by atoms with Gasteiger partial charge >= 0.3 is 0 Å². The van der Waals surface area contributed by atoms with Crippen molar-refractivity contribution in [1.29, 1.82) is 0 Å². The normalized spacial score (nSPS) is 13.6. The molecule has 10 N–H and O–H groups in total. The fraction of sp³-hybridized carbons (Fsp3) is 0.930. The zero-order valence-electron chi connectivity index (χ0n) is 73.8. The Kier molecular flexibility index (Phi) is 131. The largest absolute Gasteiger partial charge is 0.391 e. The average molecular weight is 1570 g/mol. The van der Waals surface area contributed by atoms with Gasteiger partial charge in [0, 0.05) is 59.5 Å². The van der Waals surface area contributed by atoms with Gasteiger partial charge in [0.15, 0.2) is 0 Å². The predicted molar refractivity (Wildman–Crippen MR) is 448 cm³/mol. The van der Waals surface area contributed by atoms with Crippen molar-refractivity contribution >= 4 is 0 Å². The summed E-state index contributed by atoms with van der Waals surface area (Å²) < 4.78 is 62.2. The van der Waals surface area contributed by atoms with E-state index >= 15 is 0 Å². The zero-order chi connectivity index (χ0) is 83.6. The molecule has 0 saturated heterocycles. The van der Waals surface area contributed by atoms with Crippen LogP contribution in [0.2, 0.25) is 0 Å². The minimum atomic E-state index is -0.350. The molecule has 1 aromatic carbocycles. The predicted octanol–water partition coefficient (Wildman–Crippen LogP) is 15.6. The number of hydrogen-bond donors (Lipinski definition) is 10. The van der Waals surface area contributed by atoms with Crippen LogP contribution in [0.4, 0.5) is 0 Å². The Morgan fingerprint density at radius 2 is 0.509 bits per heavy atom. The van der Waals surface area contributed by atoms with Crippen LogP contribution < -0.4 is 0 Å². The van der Waals surface area contributed by atoms with Gasteiger partial charge in [0.25, 0.3) is 0 Å². The second-order valence-electron chi connectivity index (χ2n) is 26.4. The lowest BCUT2D eigenvalue weighted by atomic mass is 10.0. The minimum Gasteiger partial charge on any atom is -0.391 e. The Morgan fingerprint density at radius 1 is 0.231 bits per heavy atom. The van der Waals surface area contributed by atoms with Gasteiger partial charge in [-0.3, -0.25) is 0 Å². The van der Waals surface area contributed by atoms with Gasteiger partial charge in [0.1, 0.15) is 0 Å². The third kappa shape index (κ3) is 131. The molecule has 0 amide bonds. The molecule has 660 valence electrons. The first-order chi connectivity index (χ1) is 52.0. The molecular formula is C86H184O22. The van der Waals surface area contributed by atoms with Gasteiger partial charge < -0.3 is 108 Å². The summed E-state index contributed by atoms with van der Waals surface area (Å²) in [4.78, 5) is 0. The number of benzene rings is 1. The van der Waals surface area contributed by atoms with Crippen LogP contribution in [0.5, 0.6) is 0 Å². The molecule has 22 nitrogen and oxygen atoms in total. The van der Waals surface area contributed by atoms with Gasteiger partial charge in [-0.05, 0) is 135 Å². The number of aliphatic hydroxyl groups is 10. The molecule has 1 aromatic rings. The van der Waals surface area contributed by atoms with Crippen LogP contribution in [0, 0.1) is 5.92 Å². The van der Waals surface area contributed by atoms with Crippen LogP contribution in [-0.4, -0.2) is 264 Å². The van der Waals surface area contributed by atoms with Crippen molar-refractivity contribution in [2.45, 2.75) is 367 Å². The summed E-state index contributed by atoms with van der Waals surface area (Å²) >= 11 is 0. The van der Waals surface area contributed by atoms with Crippen LogP contribution in [0.15, 0.2) is 30.3 Å². The van der Waals surface area contributed by atoms with Crippen molar-refractivity contribution in [3.05, 3.63) is 35.9 Å². The summed E-state index contributed by atoms with van der Waals surface area (Å²) in [5.41, 5.74) is 1.14. The van der Waals surface area contributed by atoms with Crippen LogP contribution >= 0.6 is 0 Å². The average Bonchev–Trinajstić information content (AvgIpc) is 0.987. The van der Waals surface area contributed by atoms with Gasteiger partial charge in [-0.15, -0.1) is 0 Å². The number of ether oxygens (including phenoxy) is 12. The summed E-state index contributed by atoms with van der Waals surface area (Å²) in [5.74, 6) is 0.680. The van der Waals surface area contributed by atoms with E-state index in [0.29, 0.717) is 125 Å². The van der Waals surface area contributed by atoms with Gasteiger partial charge in [-0.25, -0.2) is 0 Å². The van der Waals surface area contributed by atoms with Crippen molar-refractivity contribution in [2.75, 3.05) is 152 Å². The van der Waals surface area contributed by atoms with Gasteiger partial charge in [0.05, 0.1) is 160 Å². The fourth-order valence-corrected chi connectivity index (χ4v) is 7.27. The zero-order valence-corrected chi connectivity index (χ0v) is 73.8. The van der Waals surface area contributed by atoms with E-state index in [1.165, 1.54) is 57.8 Å². The van der Waals surface area contributed by atoms with Crippen molar-refractivity contribution in [3.63, 3.8) is 0 Å². The molecular weight excluding hydrogens is 1380 g/mol. The van der Waals surface area contributed by atoms with E-state index in [9.17, 15) is 15.3 Å². The second-order valence-corrected chi connectivity index (χ2v) is 26.4. The fourth-order valence-electron chi connectivity index (χ4n) is 7.27. The van der Waals surface area contributed by atoms with Gasteiger partial charge in [-0.1, -0.05) is 205 Å². The van der Waals surface area contributed by atoms with E-state index in [2.05, 4.69) is 48.5 Å². The van der Waals surface area contributed by atoms with Crippen LogP contribution in [0.3, 0.4) is 0 Å². The summed E-state index contributed by atoms with van der Waals surface area (Å²) in [5, 5.41) is 90.2. The van der Waals surface area contributed by atoms with Crippen molar-refractivity contribution in [3.8, 4) is 0 Å². The molecule has 11 atom stereocenters. The molecule has 0 radical (unpaired) electrons.